The van der Waals surface area contributed by atoms with Crippen molar-refractivity contribution in [2.45, 2.75) is 13.1 Å². The van der Waals surface area contributed by atoms with Gasteiger partial charge in [-0.1, -0.05) is 41.4 Å². The summed E-state index contributed by atoms with van der Waals surface area (Å²) in [7, 11) is 4.07. The van der Waals surface area contributed by atoms with E-state index < -0.39 is 0 Å². The van der Waals surface area contributed by atoms with E-state index in [2.05, 4.69) is 34.5 Å². The minimum Gasteiger partial charge on any atom is -0.378 e. The molecule has 20 heavy (non-hydrogen) atoms. The minimum atomic E-state index is 0.665. The van der Waals surface area contributed by atoms with Crippen molar-refractivity contribution in [2.24, 2.45) is 0 Å². The van der Waals surface area contributed by atoms with Crippen LogP contribution in [0.25, 0.3) is 0 Å². The van der Waals surface area contributed by atoms with E-state index in [1.54, 1.807) is 6.07 Å². The lowest BCUT2D eigenvalue weighted by atomic mass is 10.2. The highest BCUT2D eigenvalue weighted by molar-refractivity contribution is 6.35. The number of anilines is 1. The van der Waals surface area contributed by atoms with Crippen molar-refractivity contribution in [3.63, 3.8) is 0 Å². The largest absolute Gasteiger partial charge is 0.378 e. The van der Waals surface area contributed by atoms with E-state index in [0.717, 1.165) is 18.7 Å². The number of hydrogen-bond donors (Lipinski definition) is 1. The van der Waals surface area contributed by atoms with E-state index in [9.17, 15) is 0 Å². The van der Waals surface area contributed by atoms with Crippen molar-refractivity contribution in [3.05, 3.63) is 63.6 Å². The Bertz CT molecular complexity index is 565. The Kier molecular flexibility index (Phi) is 5.30. The summed E-state index contributed by atoms with van der Waals surface area (Å²) in [6.45, 7) is 1.54. The Morgan fingerprint density at radius 2 is 1.65 bits per heavy atom. The van der Waals surface area contributed by atoms with Crippen LogP contribution >= 0.6 is 23.2 Å². The van der Waals surface area contributed by atoms with E-state index in [-0.39, 0.29) is 0 Å². The van der Waals surface area contributed by atoms with Gasteiger partial charge in [0.25, 0.3) is 0 Å². The molecule has 4 heteroatoms. The van der Waals surface area contributed by atoms with Gasteiger partial charge in [-0.05, 0) is 35.4 Å². The first kappa shape index (κ1) is 15.2. The van der Waals surface area contributed by atoms with E-state index in [1.807, 2.05) is 26.2 Å². The molecule has 2 rings (SSSR count). The van der Waals surface area contributed by atoms with Gasteiger partial charge in [0, 0.05) is 42.9 Å². The number of halogens is 2. The van der Waals surface area contributed by atoms with Gasteiger partial charge in [0.15, 0.2) is 0 Å². The van der Waals surface area contributed by atoms with E-state index in [4.69, 9.17) is 23.2 Å². The van der Waals surface area contributed by atoms with Crippen molar-refractivity contribution >= 4 is 28.9 Å². The number of nitrogens with zero attached hydrogens (tertiary/aromatic N) is 1. The summed E-state index contributed by atoms with van der Waals surface area (Å²) in [5.41, 5.74) is 3.51. The zero-order chi connectivity index (χ0) is 14.5. The molecule has 0 bridgehead atoms. The van der Waals surface area contributed by atoms with Crippen molar-refractivity contribution in [3.8, 4) is 0 Å². The van der Waals surface area contributed by atoms with Crippen LogP contribution in [0.1, 0.15) is 11.1 Å². The van der Waals surface area contributed by atoms with Crippen molar-refractivity contribution in [1.82, 2.24) is 5.32 Å². The van der Waals surface area contributed by atoms with Crippen LogP contribution in [0.4, 0.5) is 5.69 Å². The second kappa shape index (κ2) is 6.98. The second-order valence-corrected chi connectivity index (χ2v) is 5.74. The summed E-state index contributed by atoms with van der Waals surface area (Å²) in [5, 5.41) is 4.75. The van der Waals surface area contributed by atoms with Gasteiger partial charge in [-0.3, -0.25) is 0 Å². The van der Waals surface area contributed by atoms with Gasteiger partial charge in [0.2, 0.25) is 0 Å². The fraction of sp³-hybridized carbons (Fsp3) is 0.250. The third-order valence-electron chi connectivity index (χ3n) is 3.11. The second-order valence-electron chi connectivity index (χ2n) is 4.90. The molecule has 0 aliphatic carbocycles. The molecule has 2 aromatic rings. The Labute approximate surface area is 130 Å². The average Bonchev–Trinajstić information content (AvgIpc) is 2.42. The number of hydrogen-bond acceptors (Lipinski definition) is 2. The first-order valence-corrected chi connectivity index (χ1v) is 7.23. The topological polar surface area (TPSA) is 15.3 Å². The summed E-state index contributed by atoms with van der Waals surface area (Å²) in [5.74, 6) is 0. The van der Waals surface area contributed by atoms with Crippen LogP contribution in [0.5, 0.6) is 0 Å². The van der Waals surface area contributed by atoms with Crippen LogP contribution in [0.15, 0.2) is 42.5 Å². The predicted molar refractivity (Wildman–Crippen MR) is 87.8 cm³/mol. The van der Waals surface area contributed by atoms with Gasteiger partial charge < -0.3 is 10.2 Å². The van der Waals surface area contributed by atoms with Gasteiger partial charge in [-0.25, -0.2) is 0 Å². The molecule has 0 unspecified atom stereocenters. The molecule has 0 amide bonds. The predicted octanol–water partition coefficient (Wildman–Crippen LogP) is 4.35. The van der Waals surface area contributed by atoms with Crippen LogP contribution in [0.2, 0.25) is 10.0 Å². The number of nitrogens with one attached hydrogen (secondary N) is 1. The molecule has 2 nitrogen and oxygen atoms in total. The molecular weight excluding hydrogens is 291 g/mol. The fourth-order valence-corrected chi connectivity index (χ4v) is 2.39. The monoisotopic (exact) mass is 308 g/mol. The third kappa shape index (κ3) is 4.14. The molecule has 0 saturated carbocycles. The standard InChI is InChI=1S/C16H18Cl2N2/c1-20(2)15-7-3-12(4-8-15)10-19-11-13-5-6-14(17)9-16(13)18/h3-9,19H,10-11H2,1-2H3. The lowest BCUT2D eigenvalue weighted by Gasteiger charge is -2.13. The Hall–Kier alpha value is -1.22. The van der Waals surface area contributed by atoms with Gasteiger partial charge >= 0.3 is 0 Å². The van der Waals surface area contributed by atoms with Crippen LogP contribution in [-0.4, -0.2) is 14.1 Å². The van der Waals surface area contributed by atoms with Gasteiger partial charge in [0.1, 0.15) is 0 Å². The van der Waals surface area contributed by atoms with Gasteiger partial charge in [-0.2, -0.15) is 0 Å². The molecule has 0 saturated heterocycles. The van der Waals surface area contributed by atoms with Gasteiger partial charge in [0.05, 0.1) is 0 Å². The molecule has 2 aromatic carbocycles. The Morgan fingerprint density at radius 3 is 2.25 bits per heavy atom. The molecule has 0 atom stereocenters. The molecule has 0 spiro atoms. The lowest BCUT2D eigenvalue weighted by molar-refractivity contribution is 0.693. The van der Waals surface area contributed by atoms with Crippen molar-refractivity contribution < 1.29 is 0 Å². The van der Waals surface area contributed by atoms with Crippen LogP contribution in [0.3, 0.4) is 0 Å². The summed E-state index contributed by atoms with van der Waals surface area (Å²) in [6.07, 6.45) is 0. The molecule has 1 N–H and O–H groups in total. The highest BCUT2D eigenvalue weighted by Crippen LogP contribution is 2.21. The molecule has 0 fully saturated rings. The fourth-order valence-electron chi connectivity index (χ4n) is 1.92. The lowest BCUT2D eigenvalue weighted by Crippen LogP contribution is -2.13. The van der Waals surface area contributed by atoms with Crippen LogP contribution < -0.4 is 10.2 Å². The quantitative estimate of drug-likeness (QED) is 0.883. The highest BCUT2D eigenvalue weighted by atomic mass is 35.5. The van der Waals surface area contributed by atoms with Crippen molar-refractivity contribution in [1.29, 1.82) is 0 Å². The van der Waals surface area contributed by atoms with Crippen LogP contribution in [-0.2, 0) is 13.1 Å². The smallest absolute Gasteiger partial charge is 0.0465 e. The molecular formula is C16H18Cl2N2. The third-order valence-corrected chi connectivity index (χ3v) is 3.70. The summed E-state index contributed by atoms with van der Waals surface area (Å²) < 4.78 is 0. The Morgan fingerprint density at radius 1 is 0.950 bits per heavy atom. The summed E-state index contributed by atoms with van der Waals surface area (Å²) in [6, 6.07) is 14.1. The van der Waals surface area contributed by atoms with E-state index >= 15 is 0 Å². The average molecular weight is 309 g/mol. The minimum absolute atomic E-state index is 0.665. The number of benzene rings is 2. The first-order valence-electron chi connectivity index (χ1n) is 6.47. The summed E-state index contributed by atoms with van der Waals surface area (Å²) >= 11 is 12.0. The van der Waals surface area contributed by atoms with Crippen molar-refractivity contribution in [2.75, 3.05) is 19.0 Å². The summed E-state index contributed by atoms with van der Waals surface area (Å²) in [4.78, 5) is 2.09. The molecule has 0 aliphatic rings. The SMILES string of the molecule is CN(C)c1ccc(CNCc2ccc(Cl)cc2Cl)cc1. The Balaban J connectivity index is 1.89. The van der Waals surface area contributed by atoms with Crippen LogP contribution in [0, 0.1) is 0 Å². The highest BCUT2D eigenvalue weighted by Gasteiger charge is 2.01. The van der Waals surface area contributed by atoms with E-state index in [0.29, 0.717) is 10.0 Å². The normalized spacial score (nSPS) is 10.6. The number of rotatable bonds is 5. The molecule has 0 radical (unpaired) electrons. The first-order chi connectivity index (χ1) is 9.56. The maximum Gasteiger partial charge on any atom is 0.0465 e. The molecule has 0 aliphatic heterocycles. The maximum atomic E-state index is 6.14. The van der Waals surface area contributed by atoms with Gasteiger partial charge in [-0.15, -0.1) is 0 Å². The maximum absolute atomic E-state index is 6.14. The zero-order valence-electron chi connectivity index (χ0n) is 11.7. The van der Waals surface area contributed by atoms with E-state index in [1.165, 1.54) is 11.3 Å². The molecule has 0 heterocycles. The molecule has 106 valence electrons. The molecule has 0 aromatic heterocycles. The zero-order valence-corrected chi connectivity index (χ0v) is 13.2.